The maximum atomic E-state index is 13.1. The van der Waals surface area contributed by atoms with E-state index in [0.29, 0.717) is 36.1 Å². The van der Waals surface area contributed by atoms with Crippen molar-refractivity contribution < 1.29 is 18.7 Å². The van der Waals surface area contributed by atoms with Gasteiger partial charge < -0.3 is 14.5 Å². The molecule has 3 aromatic rings. The molecule has 2 heterocycles. The van der Waals surface area contributed by atoms with Gasteiger partial charge in [-0.1, -0.05) is 29.8 Å². The van der Waals surface area contributed by atoms with Crippen LogP contribution in [-0.4, -0.2) is 49.6 Å². The number of halogens is 2. The first-order valence-electron chi connectivity index (χ1n) is 9.15. The molecule has 2 aromatic carbocycles. The molecule has 0 N–H and O–H groups in total. The highest BCUT2D eigenvalue weighted by Gasteiger charge is 2.24. The van der Waals surface area contributed by atoms with Gasteiger partial charge in [-0.15, -0.1) is 11.3 Å². The average molecular weight is 433 g/mol. The molecule has 5 nitrogen and oxygen atoms in total. The van der Waals surface area contributed by atoms with E-state index in [9.17, 15) is 14.0 Å². The predicted molar refractivity (Wildman–Crippen MR) is 112 cm³/mol. The lowest BCUT2D eigenvalue weighted by atomic mass is 10.2. The second kappa shape index (κ2) is 8.39. The topological polar surface area (TPSA) is 49.9 Å². The summed E-state index contributed by atoms with van der Waals surface area (Å²) < 4.78 is 19.2. The quantitative estimate of drug-likeness (QED) is 0.580. The standard InChI is InChI=1S/C21H18ClFN2O3S/c22-19-16-3-1-2-4-17(16)29-20(19)21(27)28-13-18(26)25-11-9-24(10-12-25)15-7-5-14(23)6-8-15/h1-8H,9-13H2. The lowest BCUT2D eigenvalue weighted by molar-refractivity contribution is -0.134. The molecule has 0 atom stereocenters. The number of carbonyl (C=O) groups excluding carboxylic acids is 2. The Morgan fingerprint density at radius 3 is 2.41 bits per heavy atom. The van der Waals surface area contributed by atoms with Crippen LogP contribution in [0.25, 0.3) is 10.1 Å². The Morgan fingerprint density at radius 1 is 1.03 bits per heavy atom. The Morgan fingerprint density at radius 2 is 1.72 bits per heavy atom. The molecule has 1 aliphatic heterocycles. The molecule has 0 radical (unpaired) electrons. The molecular weight excluding hydrogens is 415 g/mol. The monoisotopic (exact) mass is 432 g/mol. The van der Waals surface area contributed by atoms with Crippen LogP contribution in [0.5, 0.6) is 0 Å². The number of ether oxygens (including phenoxy) is 1. The molecular formula is C21H18ClFN2O3S. The number of rotatable bonds is 4. The molecule has 1 fully saturated rings. The Labute approximate surface area is 176 Å². The minimum absolute atomic E-state index is 0.241. The Kier molecular flexibility index (Phi) is 5.69. The van der Waals surface area contributed by atoms with Gasteiger partial charge >= 0.3 is 5.97 Å². The van der Waals surface area contributed by atoms with Crippen molar-refractivity contribution in [2.75, 3.05) is 37.7 Å². The summed E-state index contributed by atoms with van der Waals surface area (Å²) in [6.07, 6.45) is 0. The minimum atomic E-state index is -0.588. The van der Waals surface area contributed by atoms with Gasteiger partial charge in [-0.25, -0.2) is 9.18 Å². The smallest absolute Gasteiger partial charge is 0.350 e. The second-order valence-electron chi connectivity index (χ2n) is 6.66. The number of esters is 1. The molecule has 1 saturated heterocycles. The molecule has 8 heteroatoms. The first-order valence-corrected chi connectivity index (χ1v) is 10.3. The van der Waals surface area contributed by atoms with Crippen molar-refractivity contribution in [3.63, 3.8) is 0 Å². The summed E-state index contributed by atoms with van der Waals surface area (Å²) in [5.41, 5.74) is 0.921. The maximum absolute atomic E-state index is 13.1. The van der Waals surface area contributed by atoms with Crippen molar-refractivity contribution in [1.82, 2.24) is 4.90 Å². The number of benzene rings is 2. The van der Waals surface area contributed by atoms with Crippen LogP contribution in [0.4, 0.5) is 10.1 Å². The van der Waals surface area contributed by atoms with Crippen LogP contribution in [0.3, 0.4) is 0 Å². The molecule has 4 rings (SSSR count). The maximum Gasteiger partial charge on any atom is 0.350 e. The number of hydrogen-bond donors (Lipinski definition) is 0. The number of anilines is 1. The number of amides is 1. The molecule has 0 bridgehead atoms. The number of thiophene rings is 1. The molecule has 0 unspecified atom stereocenters. The number of carbonyl (C=O) groups is 2. The minimum Gasteiger partial charge on any atom is -0.451 e. The highest BCUT2D eigenvalue weighted by Crippen LogP contribution is 2.35. The third kappa shape index (κ3) is 4.21. The van der Waals surface area contributed by atoms with Crippen LogP contribution in [-0.2, 0) is 9.53 Å². The van der Waals surface area contributed by atoms with E-state index in [2.05, 4.69) is 4.90 Å². The third-order valence-electron chi connectivity index (χ3n) is 4.87. The zero-order valence-corrected chi connectivity index (χ0v) is 17.0. The first-order chi connectivity index (χ1) is 14.0. The summed E-state index contributed by atoms with van der Waals surface area (Å²) >= 11 is 7.54. The van der Waals surface area contributed by atoms with Crippen LogP contribution in [0.1, 0.15) is 9.67 Å². The van der Waals surface area contributed by atoms with E-state index >= 15 is 0 Å². The molecule has 0 saturated carbocycles. The number of piperazine rings is 1. The van der Waals surface area contributed by atoms with E-state index in [1.165, 1.54) is 23.5 Å². The van der Waals surface area contributed by atoms with Crippen LogP contribution in [0.15, 0.2) is 48.5 Å². The van der Waals surface area contributed by atoms with Crippen LogP contribution in [0.2, 0.25) is 5.02 Å². The van der Waals surface area contributed by atoms with Gasteiger partial charge in [0.25, 0.3) is 5.91 Å². The van der Waals surface area contributed by atoms with E-state index in [-0.39, 0.29) is 18.3 Å². The molecule has 29 heavy (non-hydrogen) atoms. The van der Waals surface area contributed by atoms with Gasteiger partial charge in [-0.2, -0.15) is 0 Å². The van der Waals surface area contributed by atoms with Crippen LogP contribution in [0, 0.1) is 5.82 Å². The summed E-state index contributed by atoms with van der Waals surface area (Å²) in [5, 5.41) is 1.16. The van der Waals surface area contributed by atoms with E-state index in [1.807, 2.05) is 24.3 Å². The fourth-order valence-corrected chi connectivity index (χ4v) is 4.70. The van der Waals surface area contributed by atoms with Gasteiger partial charge in [-0.3, -0.25) is 4.79 Å². The lowest BCUT2D eigenvalue weighted by Crippen LogP contribution is -2.49. The van der Waals surface area contributed by atoms with E-state index in [0.717, 1.165) is 15.8 Å². The summed E-state index contributed by atoms with van der Waals surface area (Å²) in [5.74, 6) is -1.10. The van der Waals surface area contributed by atoms with Gasteiger partial charge in [0.15, 0.2) is 6.61 Å². The summed E-state index contributed by atoms with van der Waals surface area (Å²) in [7, 11) is 0. The first kappa shape index (κ1) is 19.7. The molecule has 1 aromatic heterocycles. The zero-order valence-electron chi connectivity index (χ0n) is 15.4. The van der Waals surface area contributed by atoms with E-state index in [4.69, 9.17) is 16.3 Å². The summed E-state index contributed by atoms with van der Waals surface area (Å²) in [6.45, 7) is 1.97. The van der Waals surface area contributed by atoms with Crippen molar-refractivity contribution in [3.8, 4) is 0 Å². The van der Waals surface area contributed by atoms with Crippen molar-refractivity contribution >= 4 is 50.6 Å². The molecule has 0 aliphatic carbocycles. The SMILES string of the molecule is O=C(OCC(=O)N1CCN(c2ccc(F)cc2)CC1)c1sc2ccccc2c1Cl. The van der Waals surface area contributed by atoms with Crippen LogP contribution < -0.4 is 4.90 Å². The van der Waals surface area contributed by atoms with Crippen molar-refractivity contribution in [2.24, 2.45) is 0 Å². The highest BCUT2D eigenvalue weighted by atomic mass is 35.5. The summed E-state index contributed by atoms with van der Waals surface area (Å²) in [6, 6.07) is 13.7. The van der Waals surface area contributed by atoms with Gasteiger partial charge in [0.05, 0.1) is 5.02 Å². The number of fused-ring (bicyclic) bond motifs is 1. The molecule has 1 aliphatic rings. The van der Waals surface area contributed by atoms with Crippen molar-refractivity contribution in [1.29, 1.82) is 0 Å². The molecule has 1 amide bonds. The lowest BCUT2D eigenvalue weighted by Gasteiger charge is -2.36. The average Bonchev–Trinajstić information content (AvgIpc) is 3.09. The van der Waals surface area contributed by atoms with Gasteiger partial charge in [0.1, 0.15) is 10.7 Å². The van der Waals surface area contributed by atoms with Crippen molar-refractivity contribution in [2.45, 2.75) is 0 Å². The van der Waals surface area contributed by atoms with Gasteiger partial charge in [-0.05, 0) is 30.3 Å². The number of hydrogen-bond acceptors (Lipinski definition) is 5. The Bertz CT molecular complexity index is 1050. The van der Waals surface area contributed by atoms with Gasteiger partial charge in [0, 0.05) is 42.0 Å². The second-order valence-corrected chi connectivity index (χ2v) is 8.09. The number of nitrogens with zero attached hydrogens (tertiary/aromatic N) is 2. The normalized spacial score (nSPS) is 14.3. The molecule has 0 spiro atoms. The van der Waals surface area contributed by atoms with E-state index in [1.54, 1.807) is 17.0 Å². The zero-order chi connectivity index (χ0) is 20.4. The highest BCUT2D eigenvalue weighted by molar-refractivity contribution is 7.21. The fraction of sp³-hybridized carbons (Fsp3) is 0.238. The fourth-order valence-electron chi connectivity index (χ4n) is 3.30. The third-order valence-corrected chi connectivity index (χ3v) is 6.53. The summed E-state index contributed by atoms with van der Waals surface area (Å²) in [4.78, 5) is 28.9. The van der Waals surface area contributed by atoms with Crippen LogP contribution >= 0.6 is 22.9 Å². The predicted octanol–water partition coefficient (Wildman–Crippen LogP) is 4.20. The van der Waals surface area contributed by atoms with Crippen molar-refractivity contribution in [3.05, 3.63) is 64.2 Å². The Balaban J connectivity index is 1.31. The molecule has 150 valence electrons. The Hall–Kier alpha value is -2.64. The van der Waals surface area contributed by atoms with E-state index < -0.39 is 5.97 Å². The largest absolute Gasteiger partial charge is 0.451 e. The van der Waals surface area contributed by atoms with Gasteiger partial charge in [0.2, 0.25) is 0 Å².